The van der Waals surface area contributed by atoms with Crippen molar-refractivity contribution >= 4 is 88.4 Å². The number of fused-ring (bicyclic) bond motifs is 3. The van der Waals surface area contributed by atoms with E-state index in [1.54, 1.807) is 13.8 Å². The number of unbranched alkanes of at least 4 members (excludes halogenated alkanes) is 1. The molecular weight excluding hydrogens is 1260 g/mol. The standard InChI is InChI=1S/C61H79N9O23S/c1-28(2)49(70-41(73)12-5-6-20-94-27-37(56(84)65-24-43(76)77)68-55(83)34(62)17-18-42(74)75)58(86)67-35(10-8-19-64-59(63)87)57(85)66-31-15-13-30(14-16-31)26-91-60(88)69-36-21-44(92-29(3)50(36)78)93-39-23-61(89,40(72)25-71)22-33-46(39)54(82)48-47(52(33)80)51(79)32-9-7-11-38(90-4)45(32)53(48)81/h7,9,11,13-16,28-29,34-37,39,44,49-50,71,78,80,82,89H,5-6,8,10,12,17-27,62H2,1-4H3,(H,65,84)(H,66,85)(H,67,86)(H,68,83)(H,69,88)(H,70,73)(H,74,75)(H,76,77)(H3,63,64,87)/t29?,34-,35+,36?,37+,39+,44?,49+,50?,61+/m1/s1. The second kappa shape index (κ2) is 33.7. The molecule has 0 radical (unpaired) electrons. The molecule has 0 spiro atoms. The molecule has 32 nitrogen and oxygen atoms in total. The van der Waals surface area contributed by atoms with Gasteiger partial charge in [-0.2, -0.15) is 11.8 Å². The Morgan fingerprint density at radius 2 is 1.50 bits per heavy atom. The van der Waals surface area contributed by atoms with Crippen molar-refractivity contribution in [1.82, 2.24) is 31.9 Å². The molecule has 0 aromatic heterocycles. The van der Waals surface area contributed by atoms with E-state index in [4.69, 9.17) is 40.6 Å². The van der Waals surface area contributed by atoms with Crippen LogP contribution >= 0.6 is 11.8 Å². The first-order valence-electron chi connectivity index (χ1n) is 30.0. The first kappa shape index (κ1) is 74.1. The van der Waals surface area contributed by atoms with Crippen molar-refractivity contribution in [3.05, 3.63) is 81.4 Å². The smallest absolute Gasteiger partial charge is 0.407 e. The average molecular weight is 1340 g/mol. The van der Waals surface area contributed by atoms with Gasteiger partial charge < -0.3 is 103 Å². The molecule has 3 aromatic carbocycles. The Morgan fingerprint density at radius 3 is 2.15 bits per heavy atom. The number of ketones is 3. The molecule has 512 valence electrons. The number of nitrogens with two attached hydrogens (primary N) is 2. The number of hydrogen-bond donors (Lipinski definition) is 16. The number of aliphatic hydroxyl groups excluding tert-OH is 2. The number of benzene rings is 3. The molecule has 8 amide bonds. The number of carboxylic acids is 2. The van der Waals surface area contributed by atoms with E-state index < -0.39 is 192 Å². The maximum Gasteiger partial charge on any atom is 0.407 e. The molecule has 1 aliphatic heterocycles. The first-order chi connectivity index (χ1) is 44.5. The maximum absolute atomic E-state index is 14.1. The van der Waals surface area contributed by atoms with Gasteiger partial charge in [0.05, 0.1) is 48.1 Å². The number of hydrogen-bond acceptors (Lipinski definition) is 23. The van der Waals surface area contributed by atoms with Crippen molar-refractivity contribution in [3.63, 3.8) is 0 Å². The van der Waals surface area contributed by atoms with Gasteiger partial charge in [0, 0.05) is 66.8 Å². The Morgan fingerprint density at radius 1 is 0.809 bits per heavy atom. The summed E-state index contributed by atoms with van der Waals surface area (Å²) in [4.78, 5) is 154. The lowest BCUT2D eigenvalue weighted by Crippen LogP contribution is -2.56. The summed E-state index contributed by atoms with van der Waals surface area (Å²) in [6.45, 7) is 2.65. The van der Waals surface area contributed by atoms with Crippen molar-refractivity contribution in [2.75, 3.05) is 43.6 Å². The number of phenols is 2. The summed E-state index contributed by atoms with van der Waals surface area (Å²) >= 11 is 1.21. The highest BCUT2D eigenvalue weighted by Crippen LogP contribution is 2.52. The summed E-state index contributed by atoms with van der Waals surface area (Å²) in [5.74, 6) is -10.5. The van der Waals surface area contributed by atoms with Gasteiger partial charge in [-0.3, -0.25) is 47.9 Å². The molecule has 3 aromatic rings. The van der Waals surface area contributed by atoms with E-state index in [9.17, 15) is 83.1 Å². The quantitative estimate of drug-likeness (QED) is 0.0216. The third-order valence-electron chi connectivity index (χ3n) is 15.8. The van der Waals surface area contributed by atoms with Gasteiger partial charge in [-0.15, -0.1) is 0 Å². The minimum atomic E-state index is -2.44. The number of amides is 8. The van der Waals surface area contributed by atoms with E-state index in [-0.39, 0.29) is 84.7 Å². The number of anilines is 1. The number of aliphatic hydroxyl groups is 3. The second-order valence-electron chi connectivity index (χ2n) is 23.0. The molecule has 0 saturated carbocycles. The van der Waals surface area contributed by atoms with Crippen LogP contribution in [0.5, 0.6) is 17.2 Å². The van der Waals surface area contributed by atoms with Crippen LogP contribution in [0.25, 0.3) is 0 Å². The number of aliphatic carboxylic acids is 2. The van der Waals surface area contributed by atoms with Crippen LogP contribution in [0.3, 0.4) is 0 Å². The van der Waals surface area contributed by atoms with Gasteiger partial charge in [0.15, 0.2) is 17.9 Å². The largest absolute Gasteiger partial charge is 0.507 e. The Bertz CT molecular complexity index is 3350. The van der Waals surface area contributed by atoms with Crippen LogP contribution in [-0.2, 0) is 65.6 Å². The minimum Gasteiger partial charge on any atom is -0.507 e. The molecule has 33 heteroatoms. The summed E-state index contributed by atoms with van der Waals surface area (Å²) in [6, 6.07) is 3.48. The van der Waals surface area contributed by atoms with Crippen molar-refractivity contribution in [2.45, 2.75) is 152 Å². The number of Topliss-reactive ketones (excluding diaryl/α,β-unsaturated/α-hetero) is 1. The summed E-state index contributed by atoms with van der Waals surface area (Å²) in [5, 5.41) is 92.0. The molecule has 94 heavy (non-hydrogen) atoms. The van der Waals surface area contributed by atoms with Gasteiger partial charge in [-0.05, 0) is 74.5 Å². The van der Waals surface area contributed by atoms with E-state index in [1.165, 1.54) is 68.3 Å². The molecule has 4 unspecified atom stereocenters. The third kappa shape index (κ3) is 19.3. The van der Waals surface area contributed by atoms with E-state index in [0.717, 1.165) is 0 Å². The molecule has 0 bridgehead atoms. The summed E-state index contributed by atoms with van der Waals surface area (Å²) in [6.07, 6.45) is -7.82. The number of methoxy groups -OCH3 is 1. The lowest BCUT2D eigenvalue weighted by Gasteiger charge is -2.42. The number of alkyl carbamates (subject to hydrolysis) is 1. The monoisotopic (exact) mass is 1340 g/mol. The fourth-order valence-corrected chi connectivity index (χ4v) is 11.8. The normalized spacial score (nSPS) is 20.1. The number of carboxylic acid groups (broad SMARTS) is 2. The lowest BCUT2D eigenvalue weighted by atomic mass is 9.72. The first-order valence-corrected chi connectivity index (χ1v) is 31.2. The molecule has 6 rings (SSSR count). The highest BCUT2D eigenvalue weighted by Gasteiger charge is 2.51. The maximum atomic E-state index is 14.1. The van der Waals surface area contributed by atoms with E-state index in [0.29, 0.717) is 24.2 Å². The summed E-state index contributed by atoms with van der Waals surface area (Å²) in [7, 11) is 1.27. The number of carbonyl (C=O) groups is 12. The van der Waals surface area contributed by atoms with Crippen molar-refractivity contribution in [3.8, 4) is 17.2 Å². The number of nitrogens with one attached hydrogen (secondary N) is 7. The van der Waals surface area contributed by atoms with Gasteiger partial charge >= 0.3 is 24.1 Å². The zero-order valence-corrected chi connectivity index (χ0v) is 52.7. The van der Waals surface area contributed by atoms with Crippen molar-refractivity contribution < 1.29 is 112 Å². The Labute approximate surface area is 542 Å². The number of rotatable bonds is 33. The van der Waals surface area contributed by atoms with Crippen LogP contribution in [0.4, 0.5) is 15.3 Å². The number of carbonyl (C=O) groups excluding carboxylic acids is 10. The van der Waals surface area contributed by atoms with Crippen LogP contribution in [0.1, 0.15) is 133 Å². The zero-order valence-electron chi connectivity index (χ0n) is 51.9. The topological polar surface area (TPSA) is 520 Å². The van der Waals surface area contributed by atoms with E-state index in [2.05, 4.69) is 37.2 Å². The highest BCUT2D eigenvalue weighted by atomic mass is 32.2. The summed E-state index contributed by atoms with van der Waals surface area (Å²) in [5.41, 5.74) is 7.11. The predicted octanol–water partition coefficient (Wildman–Crippen LogP) is -0.237. The minimum absolute atomic E-state index is 0.00281. The fourth-order valence-electron chi connectivity index (χ4n) is 10.8. The second-order valence-corrected chi connectivity index (χ2v) is 24.2. The van der Waals surface area contributed by atoms with Crippen molar-refractivity contribution in [1.29, 1.82) is 0 Å². The van der Waals surface area contributed by atoms with Gasteiger partial charge in [0.1, 0.15) is 66.8 Å². The molecule has 1 fully saturated rings. The zero-order chi connectivity index (χ0) is 69.3. The number of ether oxygens (including phenoxy) is 4. The SMILES string of the molecule is COc1cccc2c1C(=O)c1c(O)c3c(c(O)c1C2=O)C[C@@](O)(C(=O)CO)C[C@@H]3OC1CC(NC(=O)OCc2ccc(NC(=O)[C@H](CCCNC(N)=O)NC(=O)[C@@H](NC(=O)CCCCSC[C@H](NC(=O)[C@H](N)CCC(=O)O)C(=O)NCC(=O)O)C(C)C)cc2)C(O)C(C)O1. The van der Waals surface area contributed by atoms with Crippen LogP contribution < -0.4 is 53.4 Å². The van der Waals surface area contributed by atoms with Gasteiger partial charge in [-0.1, -0.05) is 38.1 Å². The van der Waals surface area contributed by atoms with E-state index in [1.807, 2.05) is 0 Å². The van der Waals surface area contributed by atoms with Crippen LogP contribution in [-0.4, -0.2) is 199 Å². The van der Waals surface area contributed by atoms with Gasteiger partial charge in [0.2, 0.25) is 35.3 Å². The molecule has 18 N–H and O–H groups in total. The molecule has 1 heterocycles. The number of primary amides is 1. The average Bonchev–Trinajstić information content (AvgIpc) is 0.713. The lowest BCUT2D eigenvalue weighted by molar-refractivity contribution is -0.249. The summed E-state index contributed by atoms with van der Waals surface area (Å²) < 4.78 is 23.0. The Balaban J connectivity index is 1.03. The van der Waals surface area contributed by atoms with Crippen LogP contribution in [0, 0.1) is 5.92 Å². The molecule has 10 atom stereocenters. The number of phenolic OH excluding ortho intramolecular Hbond substituents is 2. The predicted molar refractivity (Wildman–Crippen MR) is 330 cm³/mol. The molecule has 2 aliphatic carbocycles. The van der Waals surface area contributed by atoms with Crippen LogP contribution in [0.15, 0.2) is 42.5 Å². The van der Waals surface area contributed by atoms with Crippen molar-refractivity contribution in [2.24, 2.45) is 17.4 Å². The highest BCUT2D eigenvalue weighted by molar-refractivity contribution is 7.99. The molecular formula is C61H79N9O23S. The van der Waals surface area contributed by atoms with Gasteiger partial charge in [-0.25, -0.2) is 9.59 Å². The fraction of sp³-hybridized carbons (Fsp3) is 0.508. The van der Waals surface area contributed by atoms with E-state index >= 15 is 0 Å². The number of thioether (sulfide) groups is 1. The number of urea groups is 1. The Hall–Kier alpha value is -8.99. The third-order valence-corrected chi connectivity index (χ3v) is 16.9. The van der Waals surface area contributed by atoms with Crippen LogP contribution in [0.2, 0.25) is 0 Å². The molecule has 1 saturated heterocycles. The molecule has 3 aliphatic rings. The number of aromatic hydroxyl groups is 2. The Kier molecular flexibility index (Phi) is 26.6. The van der Waals surface area contributed by atoms with Gasteiger partial charge in [0.25, 0.3) is 0 Å².